The smallest absolute Gasteiger partial charge is 0.224 e. The van der Waals surface area contributed by atoms with Gasteiger partial charge in [-0.1, -0.05) is 31.5 Å². The van der Waals surface area contributed by atoms with Crippen molar-refractivity contribution in [2.45, 2.75) is 19.8 Å². The number of unbranched alkanes of at least 4 members (excludes halogenated alkanes) is 1. The third kappa shape index (κ3) is 3.06. The highest BCUT2D eigenvalue weighted by atomic mass is 19.1. The second kappa shape index (κ2) is 6.52. The summed E-state index contributed by atoms with van der Waals surface area (Å²) in [4.78, 5) is 8.50. The summed E-state index contributed by atoms with van der Waals surface area (Å²) in [7, 11) is 0. The van der Waals surface area contributed by atoms with Gasteiger partial charge >= 0.3 is 0 Å². The lowest BCUT2D eigenvalue weighted by molar-refractivity contribution is 0.301. The molecule has 0 unspecified atom stereocenters. The lowest BCUT2D eigenvalue weighted by Gasteiger charge is -2.09. The van der Waals surface area contributed by atoms with Crippen molar-refractivity contribution < 1.29 is 9.13 Å². The number of halogens is 1. The monoisotopic (exact) mass is 296 g/mol. The molecule has 0 aliphatic carbocycles. The van der Waals surface area contributed by atoms with Crippen molar-refractivity contribution >= 4 is 10.9 Å². The zero-order chi connectivity index (χ0) is 15.4. The number of rotatable bonds is 5. The Morgan fingerprint density at radius 3 is 2.55 bits per heavy atom. The Kier molecular flexibility index (Phi) is 4.28. The van der Waals surface area contributed by atoms with Crippen molar-refractivity contribution in [3.63, 3.8) is 0 Å². The quantitative estimate of drug-likeness (QED) is 0.645. The molecule has 0 amide bonds. The summed E-state index contributed by atoms with van der Waals surface area (Å²) in [5, 5.41) is 0.875. The van der Waals surface area contributed by atoms with Crippen LogP contribution in [0.4, 0.5) is 4.39 Å². The molecule has 1 heterocycles. The van der Waals surface area contributed by atoms with Crippen LogP contribution in [0.5, 0.6) is 5.88 Å². The van der Waals surface area contributed by atoms with Gasteiger partial charge in [0.25, 0.3) is 0 Å². The molecule has 22 heavy (non-hydrogen) atoms. The van der Waals surface area contributed by atoms with E-state index < -0.39 is 0 Å². The van der Waals surface area contributed by atoms with Crippen LogP contribution in [0.2, 0.25) is 0 Å². The number of hydrogen-bond donors (Lipinski definition) is 0. The van der Waals surface area contributed by atoms with Gasteiger partial charge in [-0.25, -0.2) is 14.4 Å². The lowest BCUT2D eigenvalue weighted by atomic mass is 10.0. The molecule has 0 fully saturated rings. The number of aromatic nitrogens is 2. The lowest BCUT2D eigenvalue weighted by Crippen LogP contribution is -1.99. The second-order valence-corrected chi connectivity index (χ2v) is 5.12. The van der Waals surface area contributed by atoms with Crippen LogP contribution in [0, 0.1) is 5.82 Å². The maximum atomic E-state index is 13.1. The van der Waals surface area contributed by atoms with Crippen molar-refractivity contribution in [2.75, 3.05) is 6.61 Å². The zero-order valence-electron chi connectivity index (χ0n) is 12.4. The van der Waals surface area contributed by atoms with E-state index in [9.17, 15) is 4.39 Å². The van der Waals surface area contributed by atoms with E-state index in [0.717, 1.165) is 34.9 Å². The van der Waals surface area contributed by atoms with Crippen molar-refractivity contribution in [2.24, 2.45) is 0 Å². The summed E-state index contributed by atoms with van der Waals surface area (Å²) < 4.78 is 18.8. The Bertz CT molecular complexity index is 772. The number of benzene rings is 2. The van der Waals surface area contributed by atoms with E-state index >= 15 is 0 Å². The van der Waals surface area contributed by atoms with Gasteiger partial charge in [0, 0.05) is 0 Å². The molecule has 0 saturated carbocycles. The van der Waals surface area contributed by atoms with Crippen LogP contribution in [0.25, 0.3) is 22.0 Å². The van der Waals surface area contributed by atoms with E-state index in [2.05, 4.69) is 16.9 Å². The molecular weight excluding hydrogens is 279 g/mol. The minimum Gasteiger partial charge on any atom is -0.477 e. The van der Waals surface area contributed by atoms with Crippen LogP contribution in [-0.4, -0.2) is 16.6 Å². The highest BCUT2D eigenvalue weighted by molar-refractivity contribution is 5.88. The van der Waals surface area contributed by atoms with E-state index in [1.807, 2.05) is 18.2 Å². The number of hydrogen-bond acceptors (Lipinski definition) is 3. The average Bonchev–Trinajstić information content (AvgIpc) is 2.55. The predicted molar refractivity (Wildman–Crippen MR) is 85.3 cm³/mol. The molecule has 0 saturated heterocycles. The molecule has 3 aromatic rings. The topological polar surface area (TPSA) is 35.0 Å². The van der Waals surface area contributed by atoms with Gasteiger partial charge in [-0.3, -0.25) is 0 Å². The molecule has 0 N–H and O–H groups in total. The van der Waals surface area contributed by atoms with E-state index in [1.165, 1.54) is 18.5 Å². The molecule has 0 bridgehead atoms. The first-order valence-corrected chi connectivity index (χ1v) is 7.41. The normalized spacial score (nSPS) is 10.8. The molecule has 0 radical (unpaired) electrons. The highest BCUT2D eigenvalue weighted by Gasteiger charge is 2.07. The van der Waals surface area contributed by atoms with Gasteiger partial charge in [0.2, 0.25) is 5.88 Å². The van der Waals surface area contributed by atoms with E-state index in [1.54, 1.807) is 12.1 Å². The van der Waals surface area contributed by atoms with Crippen molar-refractivity contribution in [1.82, 2.24) is 9.97 Å². The minimum atomic E-state index is -0.239. The number of ether oxygens (including phenoxy) is 1. The Balaban J connectivity index is 2.00. The fourth-order valence-corrected chi connectivity index (χ4v) is 2.28. The van der Waals surface area contributed by atoms with Crippen LogP contribution in [0.3, 0.4) is 0 Å². The van der Waals surface area contributed by atoms with E-state index in [4.69, 9.17) is 4.74 Å². The Morgan fingerprint density at radius 2 is 1.77 bits per heavy atom. The average molecular weight is 296 g/mol. The first-order chi connectivity index (χ1) is 10.8. The van der Waals surface area contributed by atoms with Gasteiger partial charge < -0.3 is 4.74 Å². The Hall–Kier alpha value is -2.49. The molecule has 3 rings (SSSR count). The largest absolute Gasteiger partial charge is 0.477 e. The maximum absolute atomic E-state index is 13.1. The molecule has 112 valence electrons. The first-order valence-electron chi connectivity index (χ1n) is 7.41. The van der Waals surface area contributed by atoms with E-state index in [-0.39, 0.29) is 5.82 Å². The maximum Gasteiger partial charge on any atom is 0.224 e. The second-order valence-electron chi connectivity index (χ2n) is 5.12. The Morgan fingerprint density at radius 1 is 1.00 bits per heavy atom. The van der Waals surface area contributed by atoms with Crippen LogP contribution in [0.15, 0.2) is 48.8 Å². The molecule has 0 aliphatic heterocycles. The van der Waals surface area contributed by atoms with E-state index in [0.29, 0.717) is 12.5 Å². The van der Waals surface area contributed by atoms with Crippen LogP contribution in [0.1, 0.15) is 19.8 Å². The SMILES string of the molecule is CCCCOc1ncnc2ccc(-c3ccc(F)cc3)cc12. The standard InChI is InChI=1S/C18H17FN2O/c1-2-3-10-22-18-16-11-14(6-9-17(16)20-12-21-18)13-4-7-15(19)8-5-13/h4-9,11-12H,2-3,10H2,1H3. The van der Waals surface area contributed by atoms with Crippen molar-refractivity contribution in [1.29, 1.82) is 0 Å². The fourth-order valence-electron chi connectivity index (χ4n) is 2.28. The summed E-state index contributed by atoms with van der Waals surface area (Å²) in [5.74, 6) is 0.360. The van der Waals surface area contributed by atoms with Gasteiger partial charge in [-0.15, -0.1) is 0 Å². The third-order valence-electron chi connectivity index (χ3n) is 3.51. The van der Waals surface area contributed by atoms with Crippen molar-refractivity contribution in [3.05, 3.63) is 54.6 Å². The van der Waals surface area contributed by atoms with Gasteiger partial charge in [-0.2, -0.15) is 0 Å². The molecule has 3 nitrogen and oxygen atoms in total. The Labute approximate surface area is 128 Å². The predicted octanol–water partition coefficient (Wildman–Crippen LogP) is 4.61. The molecule has 0 aliphatic rings. The zero-order valence-corrected chi connectivity index (χ0v) is 12.4. The molecule has 0 spiro atoms. The third-order valence-corrected chi connectivity index (χ3v) is 3.51. The van der Waals surface area contributed by atoms with Gasteiger partial charge in [0.1, 0.15) is 12.1 Å². The van der Waals surface area contributed by atoms with Gasteiger partial charge in [0.15, 0.2) is 0 Å². The summed E-state index contributed by atoms with van der Waals surface area (Å²) in [6.07, 6.45) is 3.58. The molecule has 4 heteroatoms. The van der Waals surface area contributed by atoms with Gasteiger partial charge in [0.05, 0.1) is 17.5 Å². The van der Waals surface area contributed by atoms with Crippen LogP contribution >= 0.6 is 0 Å². The van der Waals surface area contributed by atoms with Gasteiger partial charge in [-0.05, 0) is 41.8 Å². The number of nitrogens with zero attached hydrogens (tertiary/aromatic N) is 2. The van der Waals surface area contributed by atoms with Crippen LogP contribution in [-0.2, 0) is 0 Å². The minimum absolute atomic E-state index is 0.239. The van der Waals surface area contributed by atoms with Crippen LogP contribution < -0.4 is 4.74 Å². The molecule has 0 atom stereocenters. The summed E-state index contributed by atoms with van der Waals surface area (Å²) in [5.41, 5.74) is 2.78. The van der Waals surface area contributed by atoms with Crippen molar-refractivity contribution in [3.8, 4) is 17.0 Å². The fraction of sp³-hybridized carbons (Fsp3) is 0.222. The summed E-state index contributed by atoms with van der Waals surface area (Å²) >= 11 is 0. The molecule has 1 aromatic heterocycles. The highest BCUT2D eigenvalue weighted by Crippen LogP contribution is 2.28. The first kappa shape index (κ1) is 14.4. The number of fused-ring (bicyclic) bond motifs is 1. The summed E-state index contributed by atoms with van der Waals surface area (Å²) in [6, 6.07) is 12.3. The molecular formula is C18H17FN2O. The molecule has 2 aromatic carbocycles. The summed E-state index contributed by atoms with van der Waals surface area (Å²) in [6.45, 7) is 2.76.